The molecule has 0 spiro atoms. The largest absolute Gasteiger partial charge is 0.541 e. The number of phenolic OH excluding ortho intramolecular Hbond substituents is 1. The first-order chi connectivity index (χ1) is 4.84. The molecule has 0 atom stereocenters. The summed E-state index contributed by atoms with van der Waals surface area (Å²) in [5.41, 5.74) is 0.623. The highest BCUT2D eigenvalue weighted by Gasteiger charge is 1.90. The normalized spacial score (nSPS) is 9.20. The Hall–Kier alpha value is -1.31. The molecule has 1 aromatic rings. The molecule has 0 aliphatic heterocycles. The van der Waals surface area contributed by atoms with Crippen molar-refractivity contribution in [2.24, 2.45) is 0 Å². The summed E-state index contributed by atoms with van der Waals surface area (Å²) in [4.78, 5) is 9.89. The van der Waals surface area contributed by atoms with Crippen LogP contribution in [0.1, 0.15) is 5.56 Å². The lowest BCUT2D eigenvalue weighted by Gasteiger charge is -2.02. The van der Waals surface area contributed by atoms with Gasteiger partial charge in [-0.2, -0.15) is 0 Å². The van der Waals surface area contributed by atoms with Gasteiger partial charge in [0.05, 0.1) is 0 Å². The van der Waals surface area contributed by atoms with E-state index in [2.05, 4.69) is 0 Å². The van der Waals surface area contributed by atoms with Crippen LogP contribution in [-0.4, -0.2) is 11.4 Å². The van der Waals surface area contributed by atoms with Gasteiger partial charge >= 0.3 is 0 Å². The average molecular weight is 137 g/mol. The summed E-state index contributed by atoms with van der Waals surface area (Å²) in [6, 6.07) is 6.73. The lowest BCUT2D eigenvalue weighted by Crippen LogP contribution is -1.84. The summed E-state index contributed by atoms with van der Waals surface area (Å²) in [5, 5.41) is 9.06. The third-order valence-electron chi connectivity index (χ3n) is 1.25. The van der Waals surface area contributed by atoms with Gasteiger partial charge in [0.15, 0.2) is 0 Å². The molecule has 2 heteroatoms. The van der Waals surface area contributed by atoms with Crippen molar-refractivity contribution < 1.29 is 9.90 Å². The lowest BCUT2D eigenvalue weighted by atomic mass is 10.2. The van der Waals surface area contributed by atoms with Crippen molar-refractivity contribution in [3.63, 3.8) is 0 Å². The highest BCUT2D eigenvalue weighted by atomic mass is 16.3. The van der Waals surface area contributed by atoms with Crippen molar-refractivity contribution in [2.75, 3.05) is 0 Å². The van der Waals surface area contributed by atoms with Crippen molar-refractivity contribution in [3.05, 3.63) is 29.8 Å². The summed E-state index contributed by atoms with van der Waals surface area (Å²) in [6.07, 6.45) is 1.87. The Kier molecular flexibility index (Phi) is 2.05. The second-order valence-corrected chi connectivity index (χ2v) is 1.95. The number of phenols is 1. The molecule has 0 saturated carbocycles. The Morgan fingerprint density at radius 2 is 2.10 bits per heavy atom. The fraction of sp³-hybridized carbons (Fsp3) is 0.125. The minimum atomic E-state index is 0.158. The molecule has 0 aliphatic rings. The van der Waals surface area contributed by atoms with Crippen molar-refractivity contribution in [2.45, 2.75) is 6.42 Å². The van der Waals surface area contributed by atoms with E-state index in [-0.39, 0.29) is 12.2 Å². The molecule has 1 aromatic carbocycles. The van der Waals surface area contributed by atoms with Crippen LogP contribution < -0.4 is 0 Å². The molecule has 10 heavy (non-hydrogen) atoms. The number of hydrogen-bond acceptors (Lipinski definition) is 2. The standard InChI is InChI=1S/C8H7O2/c9-6-5-7-3-1-2-4-8(7)10/h1-4,10H,5H2/q-1/i6+2. The maximum atomic E-state index is 9.89. The Labute approximate surface area is 59.1 Å². The fourth-order valence-corrected chi connectivity index (χ4v) is 0.738. The molecule has 2 nitrogen and oxygen atoms in total. The summed E-state index contributed by atoms with van der Waals surface area (Å²) >= 11 is 0. The molecule has 1 N–H and O–H groups in total. The van der Waals surface area contributed by atoms with Gasteiger partial charge in [0.1, 0.15) is 5.75 Å². The van der Waals surface area contributed by atoms with E-state index in [4.69, 9.17) is 5.11 Å². The van der Waals surface area contributed by atoms with Crippen molar-refractivity contribution in [1.29, 1.82) is 0 Å². The Balaban J connectivity index is 2.91. The van der Waals surface area contributed by atoms with Crippen LogP contribution in [0.5, 0.6) is 5.75 Å². The Morgan fingerprint density at radius 1 is 1.40 bits per heavy atom. The number of aromatic hydroxyl groups is 1. The third-order valence-corrected chi connectivity index (χ3v) is 1.25. The van der Waals surface area contributed by atoms with E-state index in [0.717, 1.165) is 0 Å². The predicted octanol–water partition coefficient (Wildman–Crippen LogP) is 1.04. The van der Waals surface area contributed by atoms with Crippen LogP contribution in [0.15, 0.2) is 24.3 Å². The zero-order chi connectivity index (χ0) is 7.40. The average Bonchev–Trinajstić information content (AvgIpc) is 1.94. The van der Waals surface area contributed by atoms with E-state index >= 15 is 0 Å². The highest BCUT2D eigenvalue weighted by molar-refractivity contribution is 5.57. The second-order valence-electron chi connectivity index (χ2n) is 1.95. The molecule has 0 radical (unpaired) electrons. The second kappa shape index (κ2) is 3.01. The van der Waals surface area contributed by atoms with Crippen LogP contribution in [0, 0.1) is 0 Å². The van der Waals surface area contributed by atoms with Gasteiger partial charge in [0.2, 0.25) is 0 Å². The first-order valence-corrected chi connectivity index (χ1v) is 2.96. The van der Waals surface area contributed by atoms with Gasteiger partial charge in [-0.25, -0.2) is 0 Å². The van der Waals surface area contributed by atoms with E-state index in [9.17, 15) is 4.79 Å². The van der Waals surface area contributed by atoms with Gasteiger partial charge in [0.25, 0.3) is 0 Å². The molecule has 0 saturated heterocycles. The van der Waals surface area contributed by atoms with Gasteiger partial charge in [-0.15, -0.1) is 6.42 Å². The first-order valence-electron chi connectivity index (χ1n) is 2.96. The third kappa shape index (κ3) is 1.35. The molecule has 0 bridgehead atoms. The Bertz CT molecular complexity index is 230. The minimum absolute atomic E-state index is 0.158. The van der Waals surface area contributed by atoms with E-state index in [0.29, 0.717) is 5.56 Å². The van der Waals surface area contributed by atoms with E-state index in [1.54, 1.807) is 30.6 Å². The van der Waals surface area contributed by atoms with E-state index in [1.165, 1.54) is 0 Å². The van der Waals surface area contributed by atoms with Gasteiger partial charge in [0, 0.05) is 0 Å². The van der Waals surface area contributed by atoms with Gasteiger partial charge in [-0.3, -0.25) is 6.29 Å². The van der Waals surface area contributed by atoms with Crippen LogP contribution in [0.4, 0.5) is 0 Å². The minimum Gasteiger partial charge on any atom is -0.541 e. The lowest BCUT2D eigenvalue weighted by molar-refractivity contribution is 0.469. The zero-order valence-electron chi connectivity index (χ0n) is 5.37. The number of carbonyl (C=O) groups excluding carboxylic acids is 1. The monoisotopic (exact) mass is 137 g/mol. The Morgan fingerprint density at radius 3 is 2.70 bits per heavy atom. The molecule has 0 heterocycles. The van der Waals surface area contributed by atoms with Crippen LogP contribution in [-0.2, 0) is 11.2 Å². The summed E-state index contributed by atoms with van der Waals surface area (Å²) in [5.74, 6) is 0.158. The quantitative estimate of drug-likeness (QED) is 0.618. The van der Waals surface area contributed by atoms with Crippen LogP contribution in [0.2, 0.25) is 0 Å². The summed E-state index contributed by atoms with van der Waals surface area (Å²) in [6.45, 7) is 0. The molecule has 0 aromatic heterocycles. The van der Waals surface area contributed by atoms with Gasteiger partial charge in [-0.1, -0.05) is 18.2 Å². The molecule has 0 aliphatic carbocycles. The molecular formula is C8H7O2-. The number of hydrogen-bond donors (Lipinski definition) is 1. The van der Waals surface area contributed by atoms with Crippen molar-refractivity contribution in [3.8, 4) is 5.75 Å². The van der Waals surface area contributed by atoms with E-state index < -0.39 is 0 Å². The number of para-hydroxylation sites is 1. The fourth-order valence-electron chi connectivity index (χ4n) is 0.738. The van der Waals surface area contributed by atoms with Crippen molar-refractivity contribution in [1.82, 2.24) is 0 Å². The van der Waals surface area contributed by atoms with E-state index in [1.807, 2.05) is 0 Å². The maximum absolute atomic E-state index is 9.89. The zero-order valence-corrected chi connectivity index (χ0v) is 5.37. The SMILES string of the molecule is O=[14C-]Cc1ccccc1O. The number of benzene rings is 1. The molecular weight excluding hydrogens is 130 g/mol. The molecule has 0 unspecified atom stereocenters. The van der Waals surface area contributed by atoms with Gasteiger partial charge < -0.3 is 9.90 Å². The van der Waals surface area contributed by atoms with Crippen LogP contribution in [0.25, 0.3) is 0 Å². The van der Waals surface area contributed by atoms with Gasteiger partial charge in [-0.05, 0) is 11.6 Å². The van der Waals surface area contributed by atoms with Crippen LogP contribution >= 0.6 is 0 Å². The maximum Gasteiger partial charge on any atom is 0.116 e. The molecule has 0 amide bonds. The summed E-state index contributed by atoms with van der Waals surface area (Å²) in [7, 11) is 0. The number of rotatable bonds is 2. The molecule has 52 valence electrons. The van der Waals surface area contributed by atoms with Crippen molar-refractivity contribution >= 4 is 6.29 Å². The predicted molar refractivity (Wildman–Crippen MR) is 37.5 cm³/mol. The summed E-state index contributed by atoms with van der Waals surface area (Å²) < 4.78 is 0. The first kappa shape index (κ1) is 6.81. The molecule has 0 fully saturated rings. The smallest absolute Gasteiger partial charge is 0.116 e. The topological polar surface area (TPSA) is 37.3 Å². The highest BCUT2D eigenvalue weighted by Crippen LogP contribution is 2.14. The molecule has 1 rings (SSSR count). The van der Waals surface area contributed by atoms with Crippen LogP contribution in [0.3, 0.4) is 0 Å².